The lowest BCUT2D eigenvalue weighted by Gasteiger charge is -2.39. The normalized spacial score (nSPS) is 23.3. The number of thioether (sulfide) groups is 1. The topological polar surface area (TPSA) is 50.9 Å². The van der Waals surface area contributed by atoms with E-state index in [-0.39, 0.29) is 0 Å². The van der Waals surface area contributed by atoms with Crippen molar-refractivity contribution in [1.82, 2.24) is 29.5 Å². The minimum absolute atomic E-state index is 0.552. The summed E-state index contributed by atoms with van der Waals surface area (Å²) < 4.78 is 4.56. The second-order valence-electron chi connectivity index (χ2n) is 8.04. The van der Waals surface area contributed by atoms with E-state index in [0.717, 1.165) is 43.6 Å². The highest BCUT2D eigenvalue weighted by Gasteiger charge is 2.28. The van der Waals surface area contributed by atoms with Crippen LogP contribution in [-0.2, 0) is 13.1 Å². The molecule has 3 aliphatic heterocycles. The molecule has 2 fully saturated rings. The van der Waals surface area contributed by atoms with E-state index in [0.29, 0.717) is 6.04 Å². The zero-order chi connectivity index (χ0) is 18.1. The van der Waals surface area contributed by atoms with Crippen LogP contribution in [0.4, 0.5) is 0 Å². The predicted molar refractivity (Wildman–Crippen MR) is 110 cm³/mol. The van der Waals surface area contributed by atoms with Crippen molar-refractivity contribution in [2.45, 2.75) is 57.3 Å². The third-order valence-electron chi connectivity index (χ3n) is 6.39. The number of imidazole rings is 1. The summed E-state index contributed by atoms with van der Waals surface area (Å²) in [5, 5.41) is 8.36. The van der Waals surface area contributed by atoms with Crippen molar-refractivity contribution < 1.29 is 0 Å². The van der Waals surface area contributed by atoms with E-state index >= 15 is 0 Å². The molecule has 6 nitrogen and oxygen atoms in total. The van der Waals surface area contributed by atoms with E-state index < -0.39 is 0 Å². The fourth-order valence-corrected chi connectivity index (χ4v) is 5.94. The van der Waals surface area contributed by atoms with E-state index in [1.807, 2.05) is 6.20 Å². The molecular formula is C20H30N6S. The minimum atomic E-state index is 0.552. The fourth-order valence-electron chi connectivity index (χ4n) is 4.86. The molecule has 0 aliphatic carbocycles. The second kappa shape index (κ2) is 7.97. The number of nitrogens with zero attached hydrogens (tertiary/aromatic N) is 5. The number of aryl methyl sites for hydroxylation is 1. The number of hydrogen-bond donors (Lipinski definition) is 1. The van der Waals surface area contributed by atoms with Crippen molar-refractivity contribution in [3.05, 3.63) is 24.2 Å². The maximum atomic E-state index is 4.88. The van der Waals surface area contributed by atoms with Gasteiger partial charge in [0, 0.05) is 50.7 Å². The van der Waals surface area contributed by atoms with Gasteiger partial charge in [0.05, 0.1) is 5.69 Å². The highest BCUT2D eigenvalue weighted by atomic mass is 32.2. The summed E-state index contributed by atoms with van der Waals surface area (Å²) in [7, 11) is 0. The van der Waals surface area contributed by atoms with Gasteiger partial charge < -0.3 is 14.8 Å². The van der Waals surface area contributed by atoms with Crippen LogP contribution in [0.2, 0.25) is 0 Å². The van der Waals surface area contributed by atoms with E-state index in [2.05, 4.69) is 48.5 Å². The SMILES string of the molecule is c1cn(C2CCN(C3CCSCC3)CC2)c(-c2cc3n(n2)CCCNC3)n1. The van der Waals surface area contributed by atoms with Crippen molar-refractivity contribution in [1.29, 1.82) is 0 Å². The lowest BCUT2D eigenvalue weighted by Crippen LogP contribution is -2.43. The van der Waals surface area contributed by atoms with E-state index in [9.17, 15) is 0 Å². The van der Waals surface area contributed by atoms with Crippen LogP contribution in [0.5, 0.6) is 0 Å². The molecule has 146 valence electrons. The van der Waals surface area contributed by atoms with Gasteiger partial charge in [0.15, 0.2) is 5.82 Å². The van der Waals surface area contributed by atoms with Gasteiger partial charge in [0.2, 0.25) is 0 Å². The van der Waals surface area contributed by atoms with Crippen LogP contribution in [0, 0.1) is 0 Å². The first-order valence-electron chi connectivity index (χ1n) is 10.5. The number of aromatic nitrogens is 4. The summed E-state index contributed by atoms with van der Waals surface area (Å²) in [5.74, 6) is 3.73. The van der Waals surface area contributed by atoms with Crippen LogP contribution >= 0.6 is 11.8 Å². The average Bonchev–Trinajstić information content (AvgIpc) is 3.31. The van der Waals surface area contributed by atoms with Gasteiger partial charge in [-0.1, -0.05) is 0 Å². The van der Waals surface area contributed by atoms with E-state index in [4.69, 9.17) is 5.10 Å². The van der Waals surface area contributed by atoms with Gasteiger partial charge in [-0.15, -0.1) is 0 Å². The zero-order valence-corrected chi connectivity index (χ0v) is 16.8. The highest BCUT2D eigenvalue weighted by molar-refractivity contribution is 7.99. The molecule has 0 atom stereocenters. The molecule has 1 N–H and O–H groups in total. The summed E-state index contributed by atoms with van der Waals surface area (Å²) in [5.41, 5.74) is 2.31. The highest BCUT2D eigenvalue weighted by Crippen LogP contribution is 2.31. The van der Waals surface area contributed by atoms with Gasteiger partial charge >= 0.3 is 0 Å². The first-order chi connectivity index (χ1) is 13.4. The van der Waals surface area contributed by atoms with Gasteiger partial charge in [-0.05, 0) is 56.2 Å². The number of rotatable bonds is 3. The number of piperidine rings is 1. The first-order valence-corrected chi connectivity index (χ1v) is 11.7. The van der Waals surface area contributed by atoms with Gasteiger partial charge in [0.25, 0.3) is 0 Å². The summed E-state index contributed by atoms with van der Waals surface area (Å²) >= 11 is 2.12. The van der Waals surface area contributed by atoms with Crippen molar-refractivity contribution in [2.75, 3.05) is 31.1 Å². The lowest BCUT2D eigenvalue weighted by atomic mass is 10.0. The lowest BCUT2D eigenvalue weighted by molar-refractivity contribution is 0.128. The summed E-state index contributed by atoms with van der Waals surface area (Å²) in [6, 6.07) is 3.61. The van der Waals surface area contributed by atoms with Crippen LogP contribution in [0.15, 0.2) is 18.5 Å². The summed E-state index contributed by atoms with van der Waals surface area (Å²) in [6.45, 7) is 5.43. The van der Waals surface area contributed by atoms with Crippen LogP contribution in [0.3, 0.4) is 0 Å². The van der Waals surface area contributed by atoms with Gasteiger partial charge in [-0.2, -0.15) is 16.9 Å². The second-order valence-corrected chi connectivity index (χ2v) is 9.27. The van der Waals surface area contributed by atoms with Crippen LogP contribution in [-0.4, -0.2) is 61.4 Å². The number of fused-ring (bicyclic) bond motifs is 1. The van der Waals surface area contributed by atoms with E-state index in [1.54, 1.807) is 0 Å². The molecule has 0 radical (unpaired) electrons. The molecular weight excluding hydrogens is 356 g/mol. The molecule has 3 aliphatic rings. The summed E-state index contributed by atoms with van der Waals surface area (Å²) in [4.78, 5) is 7.44. The van der Waals surface area contributed by atoms with Gasteiger partial charge in [-0.3, -0.25) is 4.68 Å². The third-order valence-corrected chi connectivity index (χ3v) is 7.44. The molecule has 27 heavy (non-hydrogen) atoms. The minimum Gasteiger partial charge on any atom is -0.326 e. The number of nitrogens with one attached hydrogen (secondary N) is 1. The van der Waals surface area contributed by atoms with Gasteiger partial charge in [0.1, 0.15) is 5.69 Å². The Hall–Kier alpha value is -1.31. The molecule has 7 heteroatoms. The maximum Gasteiger partial charge on any atom is 0.160 e. The van der Waals surface area contributed by atoms with Crippen molar-refractivity contribution in [3.63, 3.8) is 0 Å². The Labute approximate surface area is 165 Å². The maximum absolute atomic E-state index is 4.88. The fraction of sp³-hybridized carbons (Fsp3) is 0.700. The molecule has 0 unspecified atom stereocenters. The summed E-state index contributed by atoms with van der Waals surface area (Å²) in [6.07, 6.45) is 10.4. The third kappa shape index (κ3) is 3.69. The Morgan fingerprint density at radius 1 is 1.04 bits per heavy atom. The Bertz CT molecular complexity index is 731. The number of likely N-dealkylation sites (tertiary alicyclic amines) is 1. The van der Waals surface area contributed by atoms with Crippen molar-refractivity contribution in [2.24, 2.45) is 0 Å². The smallest absolute Gasteiger partial charge is 0.160 e. The Kier molecular flexibility index (Phi) is 5.25. The predicted octanol–water partition coefficient (Wildman–Crippen LogP) is 2.77. The monoisotopic (exact) mass is 386 g/mol. The molecule has 2 aromatic heterocycles. The number of hydrogen-bond acceptors (Lipinski definition) is 5. The Morgan fingerprint density at radius 3 is 2.74 bits per heavy atom. The van der Waals surface area contributed by atoms with E-state index in [1.165, 1.54) is 56.0 Å². The van der Waals surface area contributed by atoms with Crippen LogP contribution in [0.25, 0.3) is 11.5 Å². The molecule has 0 spiro atoms. The van der Waals surface area contributed by atoms with Crippen molar-refractivity contribution in [3.8, 4) is 11.5 Å². The molecule has 0 aromatic carbocycles. The van der Waals surface area contributed by atoms with Crippen LogP contribution < -0.4 is 5.32 Å². The molecule has 2 saturated heterocycles. The average molecular weight is 387 g/mol. The zero-order valence-electron chi connectivity index (χ0n) is 16.0. The first kappa shape index (κ1) is 17.8. The molecule has 0 saturated carbocycles. The van der Waals surface area contributed by atoms with Crippen molar-refractivity contribution >= 4 is 11.8 Å². The largest absolute Gasteiger partial charge is 0.326 e. The molecule has 2 aromatic rings. The Morgan fingerprint density at radius 2 is 1.89 bits per heavy atom. The molecule has 5 rings (SSSR count). The Balaban J connectivity index is 1.29. The molecule has 0 amide bonds. The molecule has 0 bridgehead atoms. The quantitative estimate of drug-likeness (QED) is 0.879. The van der Waals surface area contributed by atoms with Crippen LogP contribution in [0.1, 0.15) is 43.8 Å². The van der Waals surface area contributed by atoms with Gasteiger partial charge in [-0.25, -0.2) is 4.98 Å². The standard InChI is InChI=1S/C20H30N6S/c1-6-21-15-18-14-19(23-26(18)8-1)20-22-7-11-25(20)17-2-9-24(10-3-17)16-4-12-27-13-5-16/h7,11,14,16-17,21H,1-6,8-10,12-13,15H2. The molecule has 5 heterocycles.